The largest absolute Gasteiger partial charge is 0.496 e. The predicted octanol–water partition coefficient (Wildman–Crippen LogP) is 4.53. The monoisotopic (exact) mass is 470 g/mol. The van der Waals surface area contributed by atoms with Gasteiger partial charge < -0.3 is 25.8 Å². The molecule has 1 aliphatic heterocycles. The summed E-state index contributed by atoms with van der Waals surface area (Å²) in [7, 11) is 1.63. The summed E-state index contributed by atoms with van der Waals surface area (Å²) in [5.74, 6) is -0.692. The molecule has 0 radical (unpaired) electrons. The van der Waals surface area contributed by atoms with Crippen molar-refractivity contribution in [3.63, 3.8) is 0 Å². The van der Waals surface area contributed by atoms with E-state index >= 15 is 0 Å². The number of benzene rings is 3. The molecule has 3 atom stereocenters. The van der Waals surface area contributed by atoms with Gasteiger partial charge in [-0.15, -0.1) is 0 Å². The first kappa shape index (κ1) is 24.1. The molecule has 180 valence electrons. The van der Waals surface area contributed by atoms with Crippen molar-refractivity contribution in [1.82, 2.24) is 5.32 Å². The summed E-state index contributed by atoms with van der Waals surface area (Å²) < 4.78 is 5.54. The van der Waals surface area contributed by atoms with E-state index in [1.807, 2.05) is 54.6 Å². The maximum atomic E-state index is 11.5. The van der Waals surface area contributed by atoms with Crippen LogP contribution >= 0.6 is 0 Å². The Labute approximate surface area is 205 Å². The average Bonchev–Trinajstić information content (AvgIpc) is 2.90. The van der Waals surface area contributed by atoms with Crippen molar-refractivity contribution >= 4 is 17.3 Å². The van der Waals surface area contributed by atoms with E-state index in [4.69, 9.17) is 4.74 Å². The third-order valence-corrected chi connectivity index (χ3v) is 6.52. The second-order valence-corrected chi connectivity index (χ2v) is 8.70. The highest BCUT2D eigenvalue weighted by Gasteiger charge is 2.28. The number of nitriles is 1. The zero-order valence-electron chi connectivity index (χ0n) is 19.9. The topological polar surface area (TPSA) is 106 Å². The number of fused-ring (bicyclic) bond motifs is 1. The van der Waals surface area contributed by atoms with E-state index in [2.05, 4.69) is 34.2 Å². The zero-order valence-corrected chi connectivity index (χ0v) is 19.9. The number of carboxylic acid groups (broad SMARTS) is 1. The van der Waals surface area contributed by atoms with Gasteiger partial charge in [0.2, 0.25) is 0 Å². The lowest BCUT2D eigenvalue weighted by molar-refractivity contribution is -0.138. The smallest absolute Gasteiger partial charge is 0.310 e. The number of hydrogen-bond acceptors (Lipinski definition) is 6. The van der Waals surface area contributed by atoms with E-state index < -0.39 is 11.9 Å². The van der Waals surface area contributed by atoms with Crippen LogP contribution in [-0.2, 0) is 11.2 Å². The fraction of sp³-hybridized carbons (Fsp3) is 0.286. The van der Waals surface area contributed by atoms with Crippen molar-refractivity contribution < 1.29 is 14.6 Å². The number of para-hydroxylation sites is 1. The molecule has 0 aliphatic carbocycles. The van der Waals surface area contributed by atoms with Crippen LogP contribution in [0.5, 0.6) is 5.75 Å². The Hall–Kier alpha value is -4.02. The van der Waals surface area contributed by atoms with Gasteiger partial charge in [-0.1, -0.05) is 48.5 Å². The molecule has 7 heteroatoms. The van der Waals surface area contributed by atoms with Crippen molar-refractivity contribution in [3.8, 4) is 11.8 Å². The SMILES string of the molecule is COc1ccc(C(C)C(=O)O)cc1CCN[C@H](c1ccccc1)[C@H]1CNc2cccc(C#N)c2N1. The first-order valence-electron chi connectivity index (χ1n) is 11.7. The van der Waals surface area contributed by atoms with Crippen LogP contribution in [-0.4, -0.2) is 37.3 Å². The number of aliphatic carboxylic acids is 1. The summed E-state index contributed by atoms with van der Waals surface area (Å²) in [6.45, 7) is 3.04. The Kier molecular flexibility index (Phi) is 7.54. The molecule has 0 aromatic heterocycles. The van der Waals surface area contributed by atoms with Crippen LogP contribution in [0.3, 0.4) is 0 Å². The Bertz CT molecular complexity index is 1220. The number of nitrogens with one attached hydrogen (secondary N) is 3. The number of rotatable bonds is 9. The predicted molar refractivity (Wildman–Crippen MR) is 137 cm³/mol. The number of methoxy groups -OCH3 is 1. The highest BCUT2D eigenvalue weighted by molar-refractivity contribution is 5.77. The normalized spacial score (nSPS) is 16.1. The fourth-order valence-corrected chi connectivity index (χ4v) is 4.53. The summed E-state index contributed by atoms with van der Waals surface area (Å²) in [6, 6.07) is 23.8. The number of carboxylic acids is 1. The van der Waals surface area contributed by atoms with Gasteiger partial charge in [-0.2, -0.15) is 5.26 Å². The zero-order chi connectivity index (χ0) is 24.8. The van der Waals surface area contributed by atoms with Crippen LogP contribution in [0.2, 0.25) is 0 Å². The number of carbonyl (C=O) groups is 1. The molecule has 0 fully saturated rings. The molecular weight excluding hydrogens is 440 g/mol. The average molecular weight is 471 g/mol. The van der Waals surface area contributed by atoms with Gasteiger partial charge in [-0.3, -0.25) is 4.79 Å². The molecule has 0 spiro atoms. The second-order valence-electron chi connectivity index (χ2n) is 8.70. The third kappa shape index (κ3) is 5.39. The van der Waals surface area contributed by atoms with E-state index in [1.165, 1.54) is 0 Å². The van der Waals surface area contributed by atoms with E-state index in [0.29, 0.717) is 25.1 Å². The first-order chi connectivity index (χ1) is 17.0. The highest BCUT2D eigenvalue weighted by atomic mass is 16.5. The molecule has 1 heterocycles. The number of hydrogen-bond donors (Lipinski definition) is 4. The standard InChI is InChI=1S/C28H30N4O3/c1-18(28(33)34)20-11-12-25(35-2)21(15-20)13-14-30-26(19-7-4-3-5-8-19)24-17-31-23-10-6-9-22(16-29)27(23)32-24/h3-12,15,18,24,26,30-32H,13-14,17H2,1-2H3,(H,33,34)/t18?,24-,26-/m1/s1. The van der Waals surface area contributed by atoms with E-state index in [9.17, 15) is 15.2 Å². The lowest BCUT2D eigenvalue weighted by atomic mass is 9.95. The second kappa shape index (κ2) is 10.9. The molecule has 3 aromatic carbocycles. The van der Waals surface area contributed by atoms with E-state index in [1.54, 1.807) is 14.0 Å². The molecule has 0 saturated carbocycles. The maximum Gasteiger partial charge on any atom is 0.310 e. The van der Waals surface area contributed by atoms with Gasteiger partial charge >= 0.3 is 5.97 Å². The minimum Gasteiger partial charge on any atom is -0.496 e. The Morgan fingerprint density at radius 2 is 1.97 bits per heavy atom. The molecule has 7 nitrogen and oxygen atoms in total. The molecule has 0 bridgehead atoms. The van der Waals surface area contributed by atoms with Crippen molar-refractivity contribution in [1.29, 1.82) is 5.26 Å². The van der Waals surface area contributed by atoms with Crippen LogP contribution in [0.25, 0.3) is 0 Å². The van der Waals surface area contributed by atoms with Gasteiger partial charge in [-0.05, 0) is 54.8 Å². The molecule has 35 heavy (non-hydrogen) atoms. The third-order valence-electron chi connectivity index (χ3n) is 6.52. The molecule has 4 N–H and O–H groups in total. The van der Waals surface area contributed by atoms with Crippen molar-refractivity contribution in [3.05, 3.63) is 89.0 Å². The van der Waals surface area contributed by atoms with Crippen LogP contribution in [0.4, 0.5) is 11.4 Å². The number of anilines is 2. The van der Waals surface area contributed by atoms with Crippen LogP contribution in [0.15, 0.2) is 66.7 Å². The Morgan fingerprint density at radius 3 is 2.69 bits per heavy atom. The molecule has 4 rings (SSSR count). The van der Waals surface area contributed by atoms with Crippen LogP contribution < -0.4 is 20.7 Å². The molecule has 1 unspecified atom stereocenters. The van der Waals surface area contributed by atoms with Gasteiger partial charge in [0.25, 0.3) is 0 Å². The number of ether oxygens (including phenoxy) is 1. The van der Waals surface area contributed by atoms with Gasteiger partial charge in [0.1, 0.15) is 11.8 Å². The van der Waals surface area contributed by atoms with Gasteiger partial charge in [0.15, 0.2) is 0 Å². The lowest BCUT2D eigenvalue weighted by Gasteiger charge is -2.35. The summed E-state index contributed by atoms with van der Waals surface area (Å²) in [6.07, 6.45) is 0.673. The van der Waals surface area contributed by atoms with Crippen LogP contribution in [0, 0.1) is 11.3 Å². The molecule has 0 saturated heterocycles. The Morgan fingerprint density at radius 1 is 1.17 bits per heavy atom. The minimum atomic E-state index is -0.851. The maximum absolute atomic E-state index is 11.5. The summed E-state index contributed by atoms with van der Waals surface area (Å²) in [5.41, 5.74) is 5.23. The number of nitrogens with zero attached hydrogens (tertiary/aromatic N) is 1. The minimum absolute atomic E-state index is 0.0136. The van der Waals surface area contributed by atoms with Crippen molar-refractivity contribution in [2.45, 2.75) is 31.3 Å². The van der Waals surface area contributed by atoms with E-state index in [-0.39, 0.29) is 12.1 Å². The molecule has 1 aliphatic rings. The molecular formula is C28H30N4O3. The van der Waals surface area contributed by atoms with Crippen molar-refractivity contribution in [2.75, 3.05) is 30.8 Å². The summed E-state index contributed by atoms with van der Waals surface area (Å²) in [4.78, 5) is 11.5. The highest BCUT2D eigenvalue weighted by Crippen LogP contribution is 2.33. The Balaban J connectivity index is 1.54. The quantitative estimate of drug-likeness (QED) is 0.364. The van der Waals surface area contributed by atoms with Gasteiger partial charge in [-0.25, -0.2) is 0 Å². The summed E-state index contributed by atoms with van der Waals surface area (Å²) in [5, 5.41) is 29.7. The van der Waals surface area contributed by atoms with E-state index in [0.717, 1.165) is 33.8 Å². The van der Waals surface area contributed by atoms with Crippen molar-refractivity contribution in [2.24, 2.45) is 0 Å². The first-order valence-corrected chi connectivity index (χ1v) is 11.7. The van der Waals surface area contributed by atoms with Crippen LogP contribution in [0.1, 0.15) is 41.1 Å². The lowest BCUT2D eigenvalue weighted by Crippen LogP contribution is -2.44. The molecule has 3 aromatic rings. The molecule has 0 amide bonds. The van der Waals surface area contributed by atoms with Gasteiger partial charge in [0, 0.05) is 6.54 Å². The van der Waals surface area contributed by atoms with Gasteiger partial charge in [0.05, 0.1) is 42.0 Å². The fourth-order valence-electron chi connectivity index (χ4n) is 4.53. The summed E-state index contributed by atoms with van der Waals surface area (Å²) >= 11 is 0.